The molecule has 0 aliphatic rings. The zero-order chi connectivity index (χ0) is 22.5. The number of hydrogen-bond acceptors (Lipinski definition) is 6. The lowest BCUT2D eigenvalue weighted by Gasteiger charge is -2.20. The molecule has 0 aliphatic heterocycles. The highest BCUT2D eigenvalue weighted by Crippen LogP contribution is 2.33. The largest absolute Gasteiger partial charge is 0.493 e. The van der Waals surface area contributed by atoms with Crippen molar-refractivity contribution in [2.75, 3.05) is 14.2 Å². The number of ether oxygens (including phenoxy) is 2. The van der Waals surface area contributed by atoms with Crippen LogP contribution in [0.3, 0.4) is 0 Å². The first-order valence-corrected chi connectivity index (χ1v) is 10.0. The molecular formula is C23H25N3O5. The van der Waals surface area contributed by atoms with Crippen LogP contribution in [0.25, 0.3) is 10.8 Å². The number of rotatable bonds is 8. The highest BCUT2D eigenvalue weighted by atomic mass is 16.5. The zero-order valence-electron chi connectivity index (χ0n) is 18.0. The summed E-state index contributed by atoms with van der Waals surface area (Å²) in [7, 11) is 3.00. The molecule has 8 heteroatoms. The van der Waals surface area contributed by atoms with Crippen LogP contribution in [0.2, 0.25) is 0 Å². The first kappa shape index (κ1) is 22.0. The number of fused-ring (bicyclic) bond motifs is 1. The van der Waals surface area contributed by atoms with Crippen molar-refractivity contribution in [3.05, 3.63) is 57.9 Å². The average molecular weight is 423 g/mol. The Morgan fingerprint density at radius 3 is 2.35 bits per heavy atom. The molecule has 1 N–H and O–H groups in total. The molecule has 2 heterocycles. The van der Waals surface area contributed by atoms with Crippen LogP contribution in [0.1, 0.15) is 54.6 Å². The van der Waals surface area contributed by atoms with E-state index in [9.17, 15) is 9.59 Å². The molecule has 3 aromatic rings. The quantitative estimate of drug-likeness (QED) is 0.591. The van der Waals surface area contributed by atoms with Crippen LogP contribution in [0.15, 0.2) is 39.7 Å². The first-order chi connectivity index (χ1) is 15.0. The first-order valence-electron chi connectivity index (χ1n) is 10.0. The highest BCUT2D eigenvalue weighted by molar-refractivity contribution is 6.07. The molecule has 0 bridgehead atoms. The molecular weight excluding hydrogens is 398 g/mol. The lowest BCUT2D eigenvalue weighted by atomic mass is 10.0. The third kappa shape index (κ3) is 4.26. The molecule has 162 valence electrons. The Bertz CT molecular complexity index is 1200. The summed E-state index contributed by atoms with van der Waals surface area (Å²) >= 11 is 0. The van der Waals surface area contributed by atoms with E-state index in [1.54, 1.807) is 35.0 Å². The van der Waals surface area contributed by atoms with Gasteiger partial charge in [-0.1, -0.05) is 13.8 Å². The van der Waals surface area contributed by atoms with E-state index in [0.717, 1.165) is 12.8 Å². The molecule has 0 unspecified atom stereocenters. The van der Waals surface area contributed by atoms with E-state index < -0.39 is 0 Å². The van der Waals surface area contributed by atoms with E-state index in [-0.39, 0.29) is 29.8 Å². The van der Waals surface area contributed by atoms with E-state index >= 15 is 0 Å². The Labute approximate surface area is 180 Å². The van der Waals surface area contributed by atoms with Gasteiger partial charge in [-0.05, 0) is 37.1 Å². The molecule has 1 amide bonds. The van der Waals surface area contributed by atoms with Gasteiger partial charge in [-0.2, -0.15) is 5.26 Å². The molecule has 0 radical (unpaired) electrons. The van der Waals surface area contributed by atoms with Crippen LogP contribution in [-0.2, 0) is 6.54 Å². The monoisotopic (exact) mass is 423 g/mol. The van der Waals surface area contributed by atoms with E-state index in [2.05, 4.69) is 5.32 Å². The second kappa shape index (κ2) is 9.39. The van der Waals surface area contributed by atoms with Gasteiger partial charge in [0, 0.05) is 17.6 Å². The number of nitriles is 1. The summed E-state index contributed by atoms with van der Waals surface area (Å²) in [5, 5.41) is 12.5. The number of nitrogens with zero attached hydrogens (tertiary/aromatic N) is 2. The van der Waals surface area contributed by atoms with Gasteiger partial charge >= 0.3 is 0 Å². The lowest BCUT2D eigenvalue weighted by molar-refractivity contribution is 0.0948. The Hall–Kier alpha value is -3.73. The Morgan fingerprint density at radius 1 is 1.16 bits per heavy atom. The van der Waals surface area contributed by atoms with Crippen LogP contribution in [-0.4, -0.2) is 24.7 Å². The third-order valence-electron chi connectivity index (χ3n) is 5.32. The molecule has 0 fully saturated rings. The van der Waals surface area contributed by atoms with Crippen LogP contribution < -0.4 is 20.3 Å². The van der Waals surface area contributed by atoms with Crippen molar-refractivity contribution in [3.8, 4) is 17.6 Å². The average Bonchev–Trinajstić information content (AvgIpc) is 3.27. The molecule has 1 aromatic carbocycles. The van der Waals surface area contributed by atoms with Crippen LogP contribution in [0.4, 0.5) is 0 Å². The molecule has 31 heavy (non-hydrogen) atoms. The number of nitrogens with one attached hydrogen (secondary N) is 1. The van der Waals surface area contributed by atoms with Gasteiger partial charge in [0.05, 0.1) is 31.7 Å². The summed E-state index contributed by atoms with van der Waals surface area (Å²) in [6.07, 6.45) is 3.10. The van der Waals surface area contributed by atoms with Crippen molar-refractivity contribution in [1.82, 2.24) is 9.88 Å². The molecule has 2 aromatic heterocycles. The fourth-order valence-corrected chi connectivity index (χ4v) is 3.61. The third-order valence-corrected chi connectivity index (χ3v) is 5.32. The molecule has 0 saturated carbocycles. The van der Waals surface area contributed by atoms with Gasteiger partial charge in [-0.3, -0.25) is 9.59 Å². The molecule has 0 atom stereocenters. The van der Waals surface area contributed by atoms with E-state index in [1.165, 1.54) is 14.2 Å². The van der Waals surface area contributed by atoms with Crippen molar-refractivity contribution in [3.63, 3.8) is 0 Å². The molecule has 0 saturated heterocycles. The van der Waals surface area contributed by atoms with Gasteiger partial charge in [0.15, 0.2) is 11.5 Å². The molecule has 8 nitrogen and oxygen atoms in total. The SMILES string of the molecule is CCC(CC)n1cc(C(=O)NCc2ccc(C#N)o2)c2cc(OC)c(OC)cc2c1=O. The van der Waals surface area contributed by atoms with Crippen LogP contribution >= 0.6 is 0 Å². The minimum Gasteiger partial charge on any atom is -0.493 e. The Kier molecular flexibility index (Phi) is 6.65. The predicted octanol–water partition coefficient (Wildman–Crippen LogP) is 3.77. The van der Waals surface area contributed by atoms with Gasteiger partial charge < -0.3 is 23.8 Å². The number of methoxy groups -OCH3 is 2. The minimum absolute atomic E-state index is 0.0418. The second-order valence-corrected chi connectivity index (χ2v) is 7.04. The Balaban J connectivity index is 2.12. The van der Waals surface area contributed by atoms with E-state index in [4.69, 9.17) is 19.2 Å². The summed E-state index contributed by atoms with van der Waals surface area (Å²) in [4.78, 5) is 26.4. The summed E-state index contributed by atoms with van der Waals surface area (Å²) in [5.41, 5.74) is 0.153. The van der Waals surface area contributed by atoms with E-state index in [1.807, 2.05) is 19.9 Å². The van der Waals surface area contributed by atoms with Crippen molar-refractivity contribution in [2.45, 2.75) is 39.3 Å². The maximum atomic E-state index is 13.2. The van der Waals surface area contributed by atoms with Gasteiger partial charge in [0.1, 0.15) is 11.8 Å². The van der Waals surface area contributed by atoms with E-state index in [0.29, 0.717) is 33.6 Å². The number of hydrogen-bond donors (Lipinski definition) is 1. The number of furan rings is 1. The fraction of sp³-hybridized carbons (Fsp3) is 0.348. The second-order valence-electron chi connectivity index (χ2n) is 7.04. The van der Waals surface area contributed by atoms with Gasteiger partial charge in [0.2, 0.25) is 5.76 Å². The number of amides is 1. The van der Waals surface area contributed by atoms with Crippen LogP contribution in [0.5, 0.6) is 11.5 Å². The van der Waals surface area contributed by atoms with Gasteiger partial charge in [0.25, 0.3) is 11.5 Å². The summed E-state index contributed by atoms with van der Waals surface area (Å²) in [6.45, 7) is 4.12. The van der Waals surface area contributed by atoms with Crippen molar-refractivity contribution >= 4 is 16.7 Å². The number of aromatic nitrogens is 1. The zero-order valence-corrected chi connectivity index (χ0v) is 18.0. The summed E-state index contributed by atoms with van der Waals surface area (Å²) in [5.74, 6) is 1.11. The smallest absolute Gasteiger partial charge is 0.258 e. The van der Waals surface area contributed by atoms with Crippen molar-refractivity contribution in [2.24, 2.45) is 0 Å². The normalized spacial score (nSPS) is 10.8. The minimum atomic E-state index is -0.369. The van der Waals surface area contributed by atoms with Crippen molar-refractivity contribution in [1.29, 1.82) is 5.26 Å². The van der Waals surface area contributed by atoms with Gasteiger partial charge in [-0.25, -0.2) is 0 Å². The topological polar surface area (TPSA) is 106 Å². The maximum absolute atomic E-state index is 13.2. The van der Waals surface area contributed by atoms with Crippen molar-refractivity contribution < 1.29 is 18.7 Å². The standard InChI is InChI=1S/C23H25N3O5/c1-5-14(6-2)26-13-19(22(27)25-12-16-8-7-15(11-24)31-16)17-9-20(29-3)21(30-4)10-18(17)23(26)28/h7-10,13-14H,5-6,12H2,1-4H3,(H,25,27). The number of pyridine rings is 1. The predicted molar refractivity (Wildman–Crippen MR) is 116 cm³/mol. The fourth-order valence-electron chi connectivity index (χ4n) is 3.61. The summed E-state index contributed by atoms with van der Waals surface area (Å²) in [6, 6.07) is 8.30. The highest BCUT2D eigenvalue weighted by Gasteiger charge is 2.20. The number of benzene rings is 1. The van der Waals surface area contributed by atoms with Gasteiger partial charge in [-0.15, -0.1) is 0 Å². The summed E-state index contributed by atoms with van der Waals surface area (Å²) < 4.78 is 17.7. The number of carbonyl (C=O) groups is 1. The maximum Gasteiger partial charge on any atom is 0.258 e. The molecule has 0 aliphatic carbocycles. The number of carbonyl (C=O) groups excluding carboxylic acids is 1. The molecule has 0 spiro atoms. The Morgan fingerprint density at radius 2 is 1.81 bits per heavy atom. The van der Waals surface area contributed by atoms with Crippen LogP contribution in [0, 0.1) is 11.3 Å². The lowest BCUT2D eigenvalue weighted by Crippen LogP contribution is -2.29. The molecule has 3 rings (SSSR count).